The van der Waals surface area contributed by atoms with Crippen LogP contribution >= 0.6 is 0 Å². The maximum Gasteiger partial charge on any atom is 0.352 e. The molecule has 0 atom stereocenters. The fourth-order valence-electron chi connectivity index (χ4n) is 1.47. The molecule has 1 aromatic rings. The molecule has 0 unspecified atom stereocenters. The highest BCUT2D eigenvalue weighted by atomic mass is 16.4. The van der Waals surface area contributed by atoms with Gasteiger partial charge in [0.2, 0.25) is 5.91 Å². The SMILES string of the molecule is Cc1ccc(N2N=C(C(=O)O)CCC2=O)nc1. The zero-order valence-corrected chi connectivity index (χ0v) is 9.25. The van der Waals surface area contributed by atoms with Crippen LogP contribution in [0, 0.1) is 6.92 Å². The summed E-state index contributed by atoms with van der Waals surface area (Å²) in [5.74, 6) is -1.000. The van der Waals surface area contributed by atoms with Crippen LogP contribution in [0.1, 0.15) is 18.4 Å². The second-order valence-corrected chi connectivity index (χ2v) is 3.75. The van der Waals surface area contributed by atoms with Gasteiger partial charge in [-0.2, -0.15) is 10.1 Å². The van der Waals surface area contributed by atoms with E-state index in [9.17, 15) is 9.59 Å². The van der Waals surface area contributed by atoms with Crippen molar-refractivity contribution in [1.29, 1.82) is 0 Å². The Kier molecular flexibility index (Phi) is 2.86. The molecule has 1 aliphatic heterocycles. The van der Waals surface area contributed by atoms with E-state index in [1.807, 2.05) is 6.92 Å². The van der Waals surface area contributed by atoms with Crippen molar-refractivity contribution in [2.75, 3.05) is 5.01 Å². The van der Waals surface area contributed by atoms with Crippen molar-refractivity contribution in [3.8, 4) is 0 Å². The summed E-state index contributed by atoms with van der Waals surface area (Å²) in [4.78, 5) is 26.5. The minimum absolute atomic E-state index is 0.0213. The molecule has 0 fully saturated rings. The molecule has 0 bridgehead atoms. The second kappa shape index (κ2) is 4.32. The van der Waals surface area contributed by atoms with Crippen LogP contribution in [0.5, 0.6) is 0 Å². The van der Waals surface area contributed by atoms with Crippen molar-refractivity contribution in [3.05, 3.63) is 23.9 Å². The lowest BCUT2D eigenvalue weighted by atomic mass is 10.1. The molecule has 0 spiro atoms. The summed E-state index contributed by atoms with van der Waals surface area (Å²) in [6.07, 6.45) is 1.91. The number of hydrazone groups is 1. The fraction of sp³-hybridized carbons (Fsp3) is 0.273. The topological polar surface area (TPSA) is 82.9 Å². The van der Waals surface area contributed by atoms with E-state index in [1.54, 1.807) is 18.3 Å². The summed E-state index contributed by atoms with van der Waals surface area (Å²) in [6, 6.07) is 3.43. The predicted octanol–water partition coefficient (Wildman–Crippen LogP) is 0.957. The number of carboxylic acid groups (broad SMARTS) is 1. The molecule has 2 rings (SSSR count). The van der Waals surface area contributed by atoms with Crippen LogP contribution in [-0.4, -0.2) is 27.7 Å². The van der Waals surface area contributed by atoms with Gasteiger partial charge in [-0.15, -0.1) is 0 Å². The van der Waals surface area contributed by atoms with Crippen LogP contribution in [0.15, 0.2) is 23.4 Å². The highest BCUT2D eigenvalue weighted by Crippen LogP contribution is 2.18. The highest BCUT2D eigenvalue weighted by Gasteiger charge is 2.25. The normalized spacial score (nSPS) is 15.7. The molecule has 2 heterocycles. The van der Waals surface area contributed by atoms with Crippen molar-refractivity contribution in [3.63, 3.8) is 0 Å². The van der Waals surface area contributed by atoms with Crippen molar-refractivity contribution in [1.82, 2.24) is 4.98 Å². The Hall–Kier alpha value is -2.24. The standard InChI is InChI=1S/C11H11N3O3/c1-7-2-4-9(12-6-7)14-10(15)5-3-8(13-14)11(16)17/h2,4,6H,3,5H2,1H3,(H,16,17). The van der Waals surface area contributed by atoms with E-state index in [0.717, 1.165) is 10.6 Å². The number of aryl methyl sites for hydroxylation is 1. The van der Waals surface area contributed by atoms with Gasteiger partial charge in [-0.3, -0.25) is 4.79 Å². The largest absolute Gasteiger partial charge is 0.477 e. The average Bonchev–Trinajstić information content (AvgIpc) is 2.31. The summed E-state index contributed by atoms with van der Waals surface area (Å²) < 4.78 is 0. The molecule has 1 N–H and O–H groups in total. The molecular weight excluding hydrogens is 222 g/mol. The number of nitrogens with zero attached hydrogens (tertiary/aromatic N) is 3. The minimum Gasteiger partial charge on any atom is -0.477 e. The Morgan fingerprint density at radius 2 is 2.18 bits per heavy atom. The second-order valence-electron chi connectivity index (χ2n) is 3.75. The van der Waals surface area contributed by atoms with Gasteiger partial charge >= 0.3 is 5.97 Å². The van der Waals surface area contributed by atoms with Crippen LogP contribution in [0.3, 0.4) is 0 Å². The summed E-state index contributed by atoms with van der Waals surface area (Å²) in [7, 11) is 0. The van der Waals surface area contributed by atoms with Gasteiger partial charge < -0.3 is 5.11 Å². The van der Waals surface area contributed by atoms with Crippen LogP contribution in [0.4, 0.5) is 5.82 Å². The first-order valence-electron chi connectivity index (χ1n) is 5.14. The number of hydrogen-bond acceptors (Lipinski definition) is 4. The molecule has 1 aliphatic rings. The maximum atomic E-state index is 11.6. The minimum atomic E-state index is -1.10. The molecule has 88 valence electrons. The number of pyridine rings is 1. The number of rotatable bonds is 2. The van der Waals surface area contributed by atoms with Gasteiger partial charge in [-0.05, 0) is 18.6 Å². The van der Waals surface area contributed by atoms with E-state index in [4.69, 9.17) is 5.11 Å². The van der Waals surface area contributed by atoms with E-state index in [-0.39, 0.29) is 24.5 Å². The molecule has 0 saturated heterocycles. The summed E-state index contributed by atoms with van der Waals surface area (Å²) in [6.45, 7) is 1.88. The molecule has 0 aliphatic carbocycles. The van der Waals surface area contributed by atoms with E-state index in [0.29, 0.717) is 5.82 Å². The van der Waals surface area contributed by atoms with Gasteiger partial charge in [0.05, 0.1) is 0 Å². The first kappa shape index (κ1) is 11.3. The number of carbonyl (C=O) groups is 2. The number of aliphatic carboxylic acids is 1. The number of amides is 1. The van der Waals surface area contributed by atoms with Crippen molar-refractivity contribution >= 4 is 23.4 Å². The Morgan fingerprint density at radius 1 is 1.41 bits per heavy atom. The van der Waals surface area contributed by atoms with Crippen molar-refractivity contribution < 1.29 is 14.7 Å². The molecule has 0 saturated carbocycles. The molecule has 0 radical (unpaired) electrons. The maximum absolute atomic E-state index is 11.6. The molecule has 1 amide bonds. The van der Waals surface area contributed by atoms with Crippen molar-refractivity contribution in [2.24, 2.45) is 5.10 Å². The molecule has 6 heteroatoms. The summed E-state index contributed by atoms with van der Waals surface area (Å²) in [5.41, 5.74) is 0.938. The monoisotopic (exact) mass is 233 g/mol. The van der Waals surface area contributed by atoms with Crippen LogP contribution in [0.25, 0.3) is 0 Å². The Bertz CT molecular complexity index is 493. The van der Waals surface area contributed by atoms with E-state index in [2.05, 4.69) is 10.1 Å². The first-order chi connectivity index (χ1) is 8.08. The molecular formula is C11H11N3O3. The molecule has 1 aromatic heterocycles. The van der Waals surface area contributed by atoms with Crippen molar-refractivity contribution in [2.45, 2.75) is 19.8 Å². The predicted molar refractivity (Wildman–Crippen MR) is 60.8 cm³/mol. The summed E-state index contributed by atoms with van der Waals surface area (Å²) >= 11 is 0. The van der Waals surface area contributed by atoms with Crippen LogP contribution in [-0.2, 0) is 9.59 Å². The number of anilines is 1. The Morgan fingerprint density at radius 3 is 2.76 bits per heavy atom. The summed E-state index contributed by atoms with van der Waals surface area (Å²) in [5, 5.41) is 13.7. The van der Waals surface area contributed by atoms with Gasteiger partial charge in [0.1, 0.15) is 5.71 Å². The third-order valence-electron chi connectivity index (χ3n) is 2.39. The van der Waals surface area contributed by atoms with E-state index >= 15 is 0 Å². The van der Waals surface area contributed by atoms with Crippen LogP contribution in [0.2, 0.25) is 0 Å². The third kappa shape index (κ3) is 2.30. The zero-order valence-electron chi connectivity index (χ0n) is 9.25. The average molecular weight is 233 g/mol. The van der Waals surface area contributed by atoms with E-state index < -0.39 is 5.97 Å². The zero-order chi connectivity index (χ0) is 12.4. The van der Waals surface area contributed by atoms with Crippen LogP contribution < -0.4 is 5.01 Å². The smallest absolute Gasteiger partial charge is 0.352 e. The van der Waals surface area contributed by atoms with Gasteiger partial charge in [0, 0.05) is 19.0 Å². The molecule has 17 heavy (non-hydrogen) atoms. The quantitative estimate of drug-likeness (QED) is 0.824. The first-order valence-corrected chi connectivity index (χ1v) is 5.14. The fourth-order valence-corrected chi connectivity index (χ4v) is 1.47. The number of aromatic nitrogens is 1. The lowest BCUT2D eigenvalue weighted by Crippen LogP contribution is -2.34. The lowest BCUT2D eigenvalue weighted by molar-refractivity contribution is -0.129. The van der Waals surface area contributed by atoms with Gasteiger partial charge in [0.15, 0.2) is 5.82 Å². The Balaban J connectivity index is 2.35. The third-order valence-corrected chi connectivity index (χ3v) is 2.39. The highest BCUT2D eigenvalue weighted by molar-refractivity contribution is 6.37. The van der Waals surface area contributed by atoms with Gasteiger partial charge in [0.25, 0.3) is 0 Å². The number of hydrogen-bond donors (Lipinski definition) is 1. The molecule has 0 aromatic carbocycles. The molecule has 6 nitrogen and oxygen atoms in total. The number of carboxylic acids is 1. The van der Waals surface area contributed by atoms with Gasteiger partial charge in [-0.1, -0.05) is 6.07 Å². The number of carbonyl (C=O) groups excluding carboxylic acids is 1. The Labute approximate surface area is 97.6 Å². The van der Waals surface area contributed by atoms with E-state index in [1.165, 1.54) is 0 Å². The van der Waals surface area contributed by atoms with Gasteiger partial charge in [-0.25, -0.2) is 9.78 Å². The lowest BCUT2D eigenvalue weighted by Gasteiger charge is -2.20.